The number of amides is 1. The quantitative estimate of drug-likeness (QED) is 0.701. The van der Waals surface area contributed by atoms with Gasteiger partial charge in [0.2, 0.25) is 5.91 Å². The van der Waals surface area contributed by atoms with Crippen molar-refractivity contribution in [3.05, 3.63) is 69.7 Å². The predicted octanol–water partition coefficient (Wildman–Crippen LogP) is 3.23. The number of nitrogens with one attached hydrogen (secondary N) is 1. The summed E-state index contributed by atoms with van der Waals surface area (Å²) in [4.78, 5) is 26.9. The van der Waals surface area contributed by atoms with Gasteiger partial charge in [0, 0.05) is 37.6 Å². The molecule has 1 aliphatic rings. The fraction of sp³-hybridized carbons (Fsp3) is 0.300. The van der Waals surface area contributed by atoms with Crippen molar-refractivity contribution in [1.29, 1.82) is 0 Å². The molecule has 1 unspecified atom stereocenters. The Balaban J connectivity index is 0.00000225. The van der Waals surface area contributed by atoms with Crippen molar-refractivity contribution in [1.82, 2.24) is 14.8 Å². The predicted molar refractivity (Wildman–Crippen MR) is 111 cm³/mol. The van der Waals surface area contributed by atoms with E-state index in [2.05, 4.69) is 5.32 Å². The molecular weight excluding hydrogens is 401 g/mol. The Labute approximate surface area is 173 Å². The second-order valence-electron chi connectivity index (χ2n) is 6.57. The molecular formula is C20H21Cl2N3O3. The van der Waals surface area contributed by atoms with Crippen molar-refractivity contribution >= 4 is 41.0 Å². The molecule has 1 amide bonds. The highest BCUT2D eigenvalue weighted by molar-refractivity contribution is 6.31. The van der Waals surface area contributed by atoms with Crippen LogP contribution in [0.1, 0.15) is 18.0 Å². The Morgan fingerprint density at radius 1 is 1.18 bits per heavy atom. The summed E-state index contributed by atoms with van der Waals surface area (Å²) in [7, 11) is 0. The number of rotatable bonds is 4. The molecule has 6 nitrogen and oxygen atoms in total. The largest absolute Gasteiger partial charge is 0.419 e. The summed E-state index contributed by atoms with van der Waals surface area (Å²) in [6.07, 6.45) is 0.227. The van der Waals surface area contributed by atoms with E-state index in [1.807, 2.05) is 47.4 Å². The van der Waals surface area contributed by atoms with E-state index >= 15 is 0 Å². The van der Waals surface area contributed by atoms with E-state index in [0.29, 0.717) is 29.2 Å². The molecule has 4 rings (SSSR count). The number of hydrogen-bond acceptors (Lipinski definition) is 4. The van der Waals surface area contributed by atoms with Gasteiger partial charge in [-0.05, 0) is 23.8 Å². The van der Waals surface area contributed by atoms with Gasteiger partial charge in [-0.1, -0.05) is 41.9 Å². The number of benzene rings is 2. The summed E-state index contributed by atoms with van der Waals surface area (Å²) in [6.45, 7) is 2.29. The molecule has 1 aromatic heterocycles. The lowest BCUT2D eigenvalue weighted by atomic mass is 10.0. The summed E-state index contributed by atoms with van der Waals surface area (Å²) in [5.41, 5.74) is 2.18. The van der Waals surface area contributed by atoms with Crippen LogP contribution in [0.3, 0.4) is 0 Å². The fourth-order valence-corrected chi connectivity index (χ4v) is 3.86. The molecule has 2 heterocycles. The summed E-state index contributed by atoms with van der Waals surface area (Å²) in [6, 6.07) is 14.7. The van der Waals surface area contributed by atoms with Gasteiger partial charge in [-0.25, -0.2) is 4.79 Å². The van der Waals surface area contributed by atoms with Gasteiger partial charge in [0.05, 0.1) is 11.6 Å². The van der Waals surface area contributed by atoms with Crippen molar-refractivity contribution in [2.75, 3.05) is 19.6 Å². The number of carbonyl (C=O) groups is 1. The second-order valence-corrected chi connectivity index (χ2v) is 6.97. The van der Waals surface area contributed by atoms with Crippen molar-refractivity contribution in [2.24, 2.45) is 0 Å². The minimum absolute atomic E-state index is 0. The van der Waals surface area contributed by atoms with Crippen LogP contribution < -0.4 is 11.1 Å². The maximum atomic E-state index is 12.9. The average Bonchev–Trinajstić information content (AvgIpc) is 3.01. The highest BCUT2D eigenvalue weighted by Crippen LogP contribution is 2.29. The molecule has 1 aliphatic heterocycles. The van der Waals surface area contributed by atoms with Gasteiger partial charge in [-0.15, -0.1) is 12.4 Å². The van der Waals surface area contributed by atoms with Gasteiger partial charge < -0.3 is 14.6 Å². The van der Waals surface area contributed by atoms with Crippen molar-refractivity contribution in [3.8, 4) is 0 Å². The van der Waals surface area contributed by atoms with E-state index in [9.17, 15) is 9.59 Å². The SMILES string of the molecule is Cl.O=C(CCn1c(=O)oc2ccccc21)N1CCNCC1c1ccccc1Cl. The van der Waals surface area contributed by atoms with Gasteiger partial charge >= 0.3 is 5.76 Å². The van der Waals surface area contributed by atoms with E-state index in [4.69, 9.17) is 16.0 Å². The number of fused-ring (bicyclic) bond motifs is 1. The number of halogens is 2. The van der Waals surface area contributed by atoms with E-state index in [-0.39, 0.29) is 37.3 Å². The zero-order chi connectivity index (χ0) is 18.8. The van der Waals surface area contributed by atoms with Crippen molar-refractivity contribution in [2.45, 2.75) is 19.0 Å². The standard InChI is InChI=1S/C20H20ClN3O3.ClH/c21-15-6-2-1-5-14(15)17-13-22-10-12-23(17)19(25)9-11-24-16-7-3-4-8-18(16)27-20(24)26;/h1-8,17,22H,9-13H2;1H. The first kappa shape index (κ1) is 20.5. The molecule has 3 aromatic rings. The van der Waals surface area contributed by atoms with Crippen LogP contribution in [0.25, 0.3) is 11.1 Å². The van der Waals surface area contributed by atoms with E-state index in [1.165, 1.54) is 4.57 Å². The van der Waals surface area contributed by atoms with Crippen molar-refractivity contribution in [3.63, 3.8) is 0 Å². The molecule has 0 radical (unpaired) electrons. The van der Waals surface area contributed by atoms with Crippen LogP contribution in [-0.2, 0) is 11.3 Å². The third-order valence-corrected chi connectivity index (χ3v) is 5.30. The lowest BCUT2D eigenvalue weighted by Crippen LogP contribution is -2.49. The molecule has 1 N–H and O–H groups in total. The number of piperazine rings is 1. The molecule has 1 saturated heterocycles. The minimum atomic E-state index is -0.438. The molecule has 1 fully saturated rings. The number of nitrogens with zero attached hydrogens (tertiary/aromatic N) is 2. The summed E-state index contributed by atoms with van der Waals surface area (Å²) >= 11 is 6.35. The van der Waals surface area contributed by atoms with E-state index < -0.39 is 5.76 Å². The van der Waals surface area contributed by atoms with Gasteiger partial charge in [-0.2, -0.15) is 0 Å². The zero-order valence-electron chi connectivity index (χ0n) is 15.1. The zero-order valence-corrected chi connectivity index (χ0v) is 16.7. The van der Waals surface area contributed by atoms with Crippen LogP contribution in [0, 0.1) is 0 Å². The van der Waals surface area contributed by atoms with Gasteiger partial charge in [0.25, 0.3) is 0 Å². The van der Waals surface area contributed by atoms with Crippen LogP contribution in [-0.4, -0.2) is 35.0 Å². The number of para-hydroxylation sites is 2. The highest BCUT2D eigenvalue weighted by atomic mass is 35.5. The van der Waals surface area contributed by atoms with Crippen molar-refractivity contribution < 1.29 is 9.21 Å². The third-order valence-electron chi connectivity index (χ3n) is 4.95. The monoisotopic (exact) mass is 421 g/mol. The Morgan fingerprint density at radius 2 is 1.93 bits per heavy atom. The minimum Gasteiger partial charge on any atom is -0.408 e. The number of oxazole rings is 1. The normalized spacial score (nSPS) is 16.8. The first-order valence-corrected chi connectivity index (χ1v) is 9.36. The van der Waals surface area contributed by atoms with Crippen LogP contribution >= 0.6 is 24.0 Å². The summed E-state index contributed by atoms with van der Waals surface area (Å²) in [5.74, 6) is -0.439. The first-order chi connectivity index (χ1) is 13.1. The Hall–Kier alpha value is -2.28. The van der Waals surface area contributed by atoms with Crippen LogP contribution in [0.5, 0.6) is 0 Å². The second kappa shape index (κ2) is 8.82. The van der Waals surface area contributed by atoms with Crippen LogP contribution in [0.15, 0.2) is 57.7 Å². The maximum absolute atomic E-state index is 12.9. The number of hydrogen-bond donors (Lipinski definition) is 1. The highest BCUT2D eigenvalue weighted by Gasteiger charge is 2.29. The van der Waals surface area contributed by atoms with E-state index in [1.54, 1.807) is 6.07 Å². The lowest BCUT2D eigenvalue weighted by molar-refractivity contribution is -0.134. The summed E-state index contributed by atoms with van der Waals surface area (Å²) in [5, 5.41) is 3.98. The molecule has 0 bridgehead atoms. The van der Waals surface area contributed by atoms with Crippen LogP contribution in [0.4, 0.5) is 0 Å². The topological polar surface area (TPSA) is 67.5 Å². The molecule has 0 spiro atoms. The van der Waals surface area contributed by atoms with E-state index in [0.717, 1.165) is 12.1 Å². The molecule has 1 atom stereocenters. The molecule has 8 heteroatoms. The summed E-state index contributed by atoms with van der Waals surface area (Å²) < 4.78 is 6.75. The molecule has 28 heavy (non-hydrogen) atoms. The number of aromatic nitrogens is 1. The Morgan fingerprint density at radius 3 is 2.75 bits per heavy atom. The lowest BCUT2D eigenvalue weighted by Gasteiger charge is -2.37. The molecule has 148 valence electrons. The molecule has 0 saturated carbocycles. The Kier molecular flexibility index (Phi) is 6.44. The van der Waals surface area contributed by atoms with Gasteiger partial charge in [0.1, 0.15) is 0 Å². The number of carbonyl (C=O) groups excluding carboxylic acids is 1. The number of aryl methyl sites for hydroxylation is 1. The van der Waals surface area contributed by atoms with Gasteiger partial charge in [0.15, 0.2) is 5.58 Å². The molecule has 2 aromatic carbocycles. The maximum Gasteiger partial charge on any atom is 0.419 e. The third kappa shape index (κ3) is 3.94. The molecule has 0 aliphatic carbocycles. The smallest absolute Gasteiger partial charge is 0.408 e. The fourth-order valence-electron chi connectivity index (χ4n) is 3.60. The average molecular weight is 422 g/mol. The van der Waals surface area contributed by atoms with Crippen LogP contribution in [0.2, 0.25) is 5.02 Å². The van der Waals surface area contributed by atoms with Gasteiger partial charge in [-0.3, -0.25) is 9.36 Å². The first-order valence-electron chi connectivity index (χ1n) is 8.98. The Bertz CT molecular complexity index is 1030.